The van der Waals surface area contributed by atoms with E-state index in [0.29, 0.717) is 12.8 Å². The van der Waals surface area contributed by atoms with Crippen LogP contribution in [-0.4, -0.2) is 96.0 Å². The summed E-state index contributed by atoms with van der Waals surface area (Å²) in [6.07, 6.45) is 34.4. The molecule has 0 radical (unpaired) electrons. The van der Waals surface area contributed by atoms with Crippen molar-refractivity contribution in [2.45, 2.75) is 218 Å². The number of aliphatic hydroxyl groups excluding tert-OH is 3. The molecule has 0 saturated carbocycles. The maximum Gasteiger partial charge on any atom is 0.306 e. The molecular formula is C47H82O12S. The van der Waals surface area contributed by atoms with Crippen LogP contribution in [0.2, 0.25) is 0 Å². The van der Waals surface area contributed by atoms with E-state index in [9.17, 15) is 37.9 Å². The highest BCUT2D eigenvalue weighted by atomic mass is 32.2. The molecule has 1 aliphatic heterocycles. The van der Waals surface area contributed by atoms with Crippen molar-refractivity contribution in [3.63, 3.8) is 0 Å². The van der Waals surface area contributed by atoms with E-state index in [1.54, 1.807) is 0 Å². The van der Waals surface area contributed by atoms with Crippen molar-refractivity contribution in [1.29, 1.82) is 0 Å². The lowest BCUT2D eigenvalue weighted by molar-refractivity contribution is -0.297. The molecule has 0 aliphatic carbocycles. The summed E-state index contributed by atoms with van der Waals surface area (Å²) in [5, 5.41) is 30.9. The summed E-state index contributed by atoms with van der Waals surface area (Å²) in [5.74, 6) is -1.99. The zero-order chi connectivity index (χ0) is 44.1. The van der Waals surface area contributed by atoms with Gasteiger partial charge in [0.1, 0.15) is 36.8 Å². The van der Waals surface area contributed by atoms with Gasteiger partial charge in [0.2, 0.25) is 0 Å². The Morgan fingerprint density at radius 2 is 1.05 bits per heavy atom. The second-order valence-electron chi connectivity index (χ2n) is 16.0. The number of rotatable bonds is 38. The standard InChI is InChI=1S/C47H82O12S/c1-3-5-7-9-11-13-15-16-17-18-19-20-21-22-23-24-26-28-30-32-34-36-43(49)58-40(37-56-42(48)35-33-31-29-27-25-14-12-10-8-6-4-2)38-57-47-46(52)45(51)44(50)41(59-47)39-60(53,54)55/h5,7,11,13,16-17,19-20,40-41,44-47,50-52H,3-4,6,8-10,12,14-15,18,21-39H2,1-2H3,(H,53,54,55)/b7-5-,13-11-,17-16-,20-19-. The summed E-state index contributed by atoms with van der Waals surface area (Å²) in [6, 6.07) is 0. The van der Waals surface area contributed by atoms with Crippen LogP contribution in [0.15, 0.2) is 48.6 Å². The van der Waals surface area contributed by atoms with Crippen molar-refractivity contribution < 1.29 is 56.8 Å². The van der Waals surface area contributed by atoms with Gasteiger partial charge in [0.25, 0.3) is 10.1 Å². The number of aliphatic hydroxyl groups is 3. The van der Waals surface area contributed by atoms with Crippen LogP contribution in [0.3, 0.4) is 0 Å². The molecule has 1 saturated heterocycles. The Bertz CT molecular complexity index is 1300. The van der Waals surface area contributed by atoms with E-state index < -0.39 is 71.2 Å². The monoisotopic (exact) mass is 871 g/mol. The van der Waals surface area contributed by atoms with Crippen LogP contribution in [0.25, 0.3) is 0 Å². The predicted octanol–water partition coefficient (Wildman–Crippen LogP) is 9.56. The molecule has 1 fully saturated rings. The fraction of sp³-hybridized carbons (Fsp3) is 0.787. The first kappa shape index (κ1) is 55.6. The number of carbonyl (C=O) groups excluding carboxylic acids is 2. The summed E-state index contributed by atoms with van der Waals surface area (Å²) in [6.45, 7) is 3.63. The van der Waals surface area contributed by atoms with Gasteiger partial charge >= 0.3 is 11.9 Å². The van der Waals surface area contributed by atoms with Gasteiger partial charge in [-0.15, -0.1) is 0 Å². The quantitative estimate of drug-likeness (QED) is 0.0200. The highest BCUT2D eigenvalue weighted by Gasteiger charge is 2.46. The van der Waals surface area contributed by atoms with E-state index in [-0.39, 0.29) is 19.4 Å². The van der Waals surface area contributed by atoms with Crippen molar-refractivity contribution >= 4 is 22.1 Å². The molecule has 1 heterocycles. The molecule has 13 heteroatoms. The summed E-state index contributed by atoms with van der Waals surface area (Å²) >= 11 is 0. The minimum absolute atomic E-state index is 0.155. The summed E-state index contributed by atoms with van der Waals surface area (Å²) < 4.78 is 54.0. The van der Waals surface area contributed by atoms with Gasteiger partial charge in [0.15, 0.2) is 12.4 Å². The molecule has 4 N–H and O–H groups in total. The Morgan fingerprint density at radius 1 is 0.583 bits per heavy atom. The topological polar surface area (TPSA) is 186 Å². The van der Waals surface area contributed by atoms with Crippen molar-refractivity contribution in [1.82, 2.24) is 0 Å². The van der Waals surface area contributed by atoms with Gasteiger partial charge in [0, 0.05) is 12.8 Å². The molecule has 12 nitrogen and oxygen atoms in total. The number of carbonyl (C=O) groups is 2. The maximum absolute atomic E-state index is 12.8. The van der Waals surface area contributed by atoms with Gasteiger partial charge in [-0.2, -0.15) is 8.42 Å². The van der Waals surface area contributed by atoms with E-state index >= 15 is 0 Å². The first-order valence-electron chi connectivity index (χ1n) is 23.2. The van der Waals surface area contributed by atoms with Crippen molar-refractivity contribution in [3.05, 3.63) is 48.6 Å². The Hall–Kier alpha value is -2.39. The van der Waals surface area contributed by atoms with Gasteiger partial charge in [-0.3, -0.25) is 14.1 Å². The van der Waals surface area contributed by atoms with E-state index in [0.717, 1.165) is 77.0 Å². The fourth-order valence-corrected chi connectivity index (χ4v) is 7.53. The second kappa shape index (κ2) is 37.2. The van der Waals surface area contributed by atoms with E-state index in [1.807, 2.05) is 0 Å². The lowest BCUT2D eigenvalue weighted by atomic mass is 10.00. The lowest BCUT2D eigenvalue weighted by Gasteiger charge is -2.40. The molecule has 0 aromatic carbocycles. The number of allylic oxidation sites excluding steroid dienone is 8. The van der Waals surface area contributed by atoms with E-state index in [4.69, 9.17) is 18.9 Å². The summed E-state index contributed by atoms with van der Waals surface area (Å²) in [7, 11) is -4.60. The molecule has 0 amide bonds. The Labute approximate surface area is 363 Å². The zero-order valence-corrected chi connectivity index (χ0v) is 37.9. The first-order valence-corrected chi connectivity index (χ1v) is 24.8. The molecule has 1 aliphatic rings. The normalized spacial score (nSPS) is 20.5. The summed E-state index contributed by atoms with van der Waals surface area (Å²) in [4.78, 5) is 25.4. The largest absolute Gasteiger partial charge is 0.462 e. The second-order valence-corrected chi connectivity index (χ2v) is 17.5. The molecule has 60 heavy (non-hydrogen) atoms. The van der Waals surface area contributed by atoms with E-state index in [1.165, 1.54) is 64.2 Å². The first-order chi connectivity index (χ1) is 29.0. The molecule has 6 unspecified atom stereocenters. The van der Waals surface area contributed by atoms with Crippen LogP contribution >= 0.6 is 0 Å². The molecule has 0 bridgehead atoms. The number of hydrogen-bond acceptors (Lipinski definition) is 11. The molecule has 0 aromatic heterocycles. The third-order valence-corrected chi connectivity index (χ3v) is 11.2. The number of unbranched alkanes of at least 4 members (excludes halogenated alkanes) is 18. The SMILES string of the molecule is CC/C=C\C/C=C\C/C=C\C/C=C\CCCCCCCCCCC(=O)OC(COC(=O)CCCCCCCCCCCCC)COC1OC(CS(=O)(=O)O)C(O)C(O)C1O. The lowest BCUT2D eigenvalue weighted by Crippen LogP contribution is -2.60. The maximum atomic E-state index is 12.8. The van der Waals surface area contributed by atoms with Gasteiger partial charge in [-0.25, -0.2) is 0 Å². The average molecular weight is 871 g/mol. The molecule has 6 atom stereocenters. The van der Waals surface area contributed by atoms with Gasteiger partial charge in [-0.1, -0.05) is 165 Å². The third kappa shape index (κ3) is 31.5. The van der Waals surface area contributed by atoms with Crippen LogP contribution < -0.4 is 0 Å². The predicted molar refractivity (Wildman–Crippen MR) is 238 cm³/mol. The molecule has 1 rings (SSSR count). The average Bonchev–Trinajstić information content (AvgIpc) is 3.21. The summed E-state index contributed by atoms with van der Waals surface area (Å²) in [5.41, 5.74) is 0. The Balaban J connectivity index is 2.41. The van der Waals surface area contributed by atoms with Gasteiger partial charge in [-0.05, 0) is 51.4 Å². The minimum Gasteiger partial charge on any atom is -0.462 e. The minimum atomic E-state index is -4.60. The van der Waals surface area contributed by atoms with Crippen LogP contribution in [0, 0.1) is 0 Å². The van der Waals surface area contributed by atoms with Crippen molar-refractivity contribution in [3.8, 4) is 0 Å². The highest BCUT2D eigenvalue weighted by Crippen LogP contribution is 2.24. The van der Waals surface area contributed by atoms with Crippen molar-refractivity contribution in [2.24, 2.45) is 0 Å². The van der Waals surface area contributed by atoms with E-state index in [2.05, 4.69) is 62.5 Å². The highest BCUT2D eigenvalue weighted by molar-refractivity contribution is 7.85. The molecule has 348 valence electrons. The molecule has 0 aromatic rings. The number of hydrogen-bond donors (Lipinski definition) is 4. The Morgan fingerprint density at radius 3 is 1.57 bits per heavy atom. The van der Waals surface area contributed by atoms with Crippen LogP contribution in [0.5, 0.6) is 0 Å². The Kier molecular flexibility index (Phi) is 34.5. The van der Waals surface area contributed by atoms with Crippen molar-refractivity contribution in [2.75, 3.05) is 19.0 Å². The number of ether oxygens (including phenoxy) is 4. The van der Waals surface area contributed by atoms with Crippen LogP contribution in [0.4, 0.5) is 0 Å². The molecular weight excluding hydrogens is 789 g/mol. The van der Waals surface area contributed by atoms with Gasteiger partial charge < -0.3 is 34.3 Å². The van der Waals surface area contributed by atoms with Gasteiger partial charge in [0.05, 0.1) is 6.61 Å². The zero-order valence-electron chi connectivity index (χ0n) is 37.1. The van der Waals surface area contributed by atoms with Crippen LogP contribution in [0.1, 0.15) is 181 Å². The third-order valence-electron chi connectivity index (χ3n) is 10.4. The number of esters is 2. The smallest absolute Gasteiger partial charge is 0.306 e. The fourth-order valence-electron chi connectivity index (χ4n) is 6.84. The van der Waals surface area contributed by atoms with Crippen LogP contribution in [-0.2, 0) is 38.7 Å². The molecule has 0 spiro atoms.